The van der Waals surface area contributed by atoms with E-state index >= 15 is 0 Å². The van der Waals surface area contributed by atoms with Crippen LogP contribution in [0.5, 0.6) is 5.75 Å². The van der Waals surface area contributed by atoms with E-state index < -0.39 is 5.92 Å². The summed E-state index contributed by atoms with van der Waals surface area (Å²) in [7, 11) is 1.52. The zero-order valence-electron chi connectivity index (χ0n) is 13.2. The fraction of sp³-hybridized carbons (Fsp3) is 0.222. The first-order valence-corrected chi connectivity index (χ1v) is 7.96. The van der Waals surface area contributed by atoms with E-state index in [0.29, 0.717) is 23.0 Å². The molecule has 0 aromatic heterocycles. The molecule has 0 saturated carbocycles. The predicted molar refractivity (Wildman–Crippen MR) is 93.5 cm³/mol. The maximum absolute atomic E-state index is 12.5. The Morgan fingerprint density at radius 1 is 1.25 bits per heavy atom. The Morgan fingerprint density at radius 2 is 2.00 bits per heavy atom. The number of anilines is 2. The summed E-state index contributed by atoms with van der Waals surface area (Å²) in [5.74, 6) is -0.167. The fourth-order valence-corrected chi connectivity index (χ4v) is 2.93. The number of carbonyl (C=O) groups excluding carboxylic acids is 2. The number of ether oxygens (including phenoxy) is 1. The van der Waals surface area contributed by atoms with Crippen molar-refractivity contribution in [2.45, 2.75) is 6.42 Å². The van der Waals surface area contributed by atoms with Crippen LogP contribution in [0.1, 0.15) is 6.42 Å². The number of hydrogen-bond donors (Lipinski definition) is 1. The number of amides is 2. The molecule has 3 rings (SSSR count). The monoisotopic (exact) mass is 344 g/mol. The first kappa shape index (κ1) is 16.3. The number of methoxy groups -OCH3 is 1. The first-order valence-electron chi connectivity index (χ1n) is 7.58. The van der Waals surface area contributed by atoms with Gasteiger partial charge in [-0.2, -0.15) is 0 Å². The standard InChI is InChI=1S/C18H17ClN2O3/c1-24-16-8-7-13(19)10-15(16)20-18(23)12-9-17(22)21(11-12)14-5-3-2-4-6-14/h2-8,10,12H,9,11H2,1H3,(H,20,23)/t12-/m1/s1. The predicted octanol–water partition coefficient (Wildman–Crippen LogP) is 3.34. The topological polar surface area (TPSA) is 58.6 Å². The Labute approximate surface area is 145 Å². The fourth-order valence-electron chi connectivity index (χ4n) is 2.75. The highest BCUT2D eigenvalue weighted by atomic mass is 35.5. The van der Waals surface area contributed by atoms with Crippen LogP contribution in [-0.4, -0.2) is 25.5 Å². The molecular weight excluding hydrogens is 328 g/mol. The second-order valence-corrected chi connectivity index (χ2v) is 6.01. The zero-order valence-corrected chi connectivity index (χ0v) is 13.9. The van der Waals surface area contributed by atoms with Gasteiger partial charge in [-0.1, -0.05) is 29.8 Å². The van der Waals surface area contributed by atoms with Crippen LogP contribution in [0.15, 0.2) is 48.5 Å². The van der Waals surface area contributed by atoms with E-state index in [1.807, 2.05) is 30.3 Å². The van der Waals surface area contributed by atoms with Crippen molar-refractivity contribution < 1.29 is 14.3 Å². The molecular formula is C18H17ClN2O3. The molecule has 1 aliphatic heterocycles. The van der Waals surface area contributed by atoms with Gasteiger partial charge < -0.3 is 15.0 Å². The molecule has 1 heterocycles. The van der Waals surface area contributed by atoms with Crippen molar-refractivity contribution >= 4 is 34.8 Å². The molecule has 2 aromatic carbocycles. The van der Waals surface area contributed by atoms with Crippen molar-refractivity contribution in [2.75, 3.05) is 23.9 Å². The van der Waals surface area contributed by atoms with Gasteiger partial charge in [0.15, 0.2) is 0 Å². The van der Waals surface area contributed by atoms with Gasteiger partial charge in [-0.25, -0.2) is 0 Å². The Kier molecular flexibility index (Phi) is 4.71. The van der Waals surface area contributed by atoms with Gasteiger partial charge >= 0.3 is 0 Å². The summed E-state index contributed by atoms with van der Waals surface area (Å²) in [6, 6.07) is 14.3. The molecule has 1 atom stereocenters. The molecule has 0 spiro atoms. The summed E-state index contributed by atoms with van der Waals surface area (Å²) in [4.78, 5) is 26.4. The molecule has 2 aromatic rings. The van der Waals surface area contributed by atoms with Crippen LogP contribution in [0, 0.1) is 5.92 Å². The third-order valence-electron chi connectivity index (χ3n) is 3.98. The van der Waals surface area contributed by atoms with E-state index in [0.717, 1.165) is 5.69 Å². The SMILES string of the molecule is COc1ccc(Cl)cc1NC(=O)[C@@H]1CC(=O)N(c2ccccc2)C1. The summed E-state index contributed by atoms with van der Waals surface area (Å²) in [6.45, 7) is 0.359. The van der Waals surface area contributed by atoms with Crippen LogP contribution in [0.2, 0.25) is 5.02 Å². The Bertz CT molecular complexity index is 764. The summed E-state index contributed by atoms with van der Waals surface area (Å²) in [5, 5.41) is 3.31. The third kappa shape index (κ3) is 3.36. The number of nitrogens with one attached hydrogen (secondary N) is 1. The van der Waals surface area contributed by atoms with E-state index in [1.165, 1.54) is 7.11 Å². The number of rotatable bonds is 4. The van der Waals surface area contributed by atoms with E-state index in [-0.39, 0.29) is 18.2 Å². The van der Waals surface area contributed by atoms with Gasteiger partial charge in [-0.3, -0.25) is 9.59 Å². The molecule has 1 saturated heterocycles. The third-order valence-corrected chi connectivity index (χ3v) is 4.22. The minimum Gasteiger partial charge on any atom is -0.495 e. The molecule has 0 radical (unpaired) electrons. The largest absolute Gasteiger partial charge is 0.495 e. The molecule has 0 aliphatic carbocycles. The number of nitrogens with zero attached hydrogens (tertiary/aromatic N) is 1. The molecule has 24 heavy (non-hydrogen) atoms. The van der Waals surface area contributed by atoms with Crippen LogP contribution >= 0.6 is 11.6 Å². The van der Waals surface area contributed by atoms with Crippen molar-refractivity contribution in [3.8, 4) is 5.75 Å². The molecule has 1 fully saturated rings. The highest BCUT2D eigenvalue weighted by Gasteiger charge is 2.35. The normalized spacial score (nSPS) is 17.0. The molecule has 1 N–H and O–H groups in total. The molecule has 0 bridgehead atoms. The summed E-state index contributed by atoms with van der Waals surface area (Å²) in [6.07, 6.45) is 0.184. The molecule has 1 aliphatic rings. The van der Waals surface area contributed by atoms with Gasteiger partial charge in [0.1, 0.15) is 5.75 Å². The smallest absolute Gasteiger partial charge is 0.229 e. The first-order chi connectivity index (χ1) is 11.6. The van der Waals surface area contributed by atoms with E-state index in [4.69, 9.17) is 16.3 Å². The van der Waals surface area contributed by atoms with Gasteiger partial charge in [0.25, 0.3) is 0 Å². The van der Waals surface area contributed by atoms with Crippen LogP contribution < -0.4 is 15.0 Å². The van der Waals surface area contributed by atoms with Crippen molar-refractivity contribution in [1.82, 2.24) is 0 Å². The highest BCUT2D eigenvalue weighted by molar-refractivity contribution is 6.31. The lowest BCUT2D eigenvalue weighted by molar-refractivity contribution is -0.122. The number of carbonyl (C=O) groups is 2. The van der Waals surface area contributed by atoms with Gasteiger partial charge in [-0.05, 0) is 30.3 Å². The quantitative estimate of drug-likeness (QED) is 0.925. The summed E-state index contributed by atoms with van der Waals surface area (Å²) >= 11 is 5.97. The number of halogens is 1. The highest BCUT2D eigenvalue weighted by Crippen LogP contribution is 2.30. The van der Waals surface area contributed by atoms with Crippen LogP contribution in [0.25, 0.3) is 0 Å². The summed E-state index contributed by atoms with van der Waals surface area (Å²) in [5.41, 5.74) is 1.30. The van der Waals surface area contributed by atoms with Crippen molar-refractivity contribution in [2.24, 2.45) is 5.92 Å². The minimum atomic E-state index is -0.415. The number of hydrogen-bond acceptors (Lipinski definition) is 3. The lowest BCUT2D eigenvalue weighted by Gasteiger charge is -2.17. The molecule has 2 amide bonds. The maximum atomic E-state index is 12.5. The van der Waals surface area contributed by atoms with Crippen LogP contribution in [-0.2, 0) is 9.59 Å². The Morgan fingerprint density at radius 3 is 2.71 bits per heavy atom. The van der Waals surface area contributed by atoms with Gasteiger partial charge in [-0.15, -0.1) is 0 Å². The average Bonchev–Trinajstić information content (AvgIpc) is 2.98. The second kappa shape index (κ2) is 6.93. The van der Waals surface area contributed by atoms with Crippen LogP contribution in [0.4, 0.5) is 11.4 Å². The van der Waals surface area contributed by atoms with Gasteiger partial charge in [0, 0.05) is 23.7 Å². The maximum Gasteiger partial charge on any atom is 0.229 e. The zero-order chi connectivity index (χ0) is 17.1. The average molecular weight is 345 g/mol. The molecule has 5 nitrogen and oxygen atoms in total. The lowest BCUT2D eigenvalue weighted by Crippen LogP contribution is -2.28. The Hall–Kier alpha value is -2.53. The lowest BCUT2D eigenvalue weighted by atomic mass is 10.1. The van der Waals surface area contributed by atoms with Crippen molar-refractivity contribution in [3.63, 3.8) is 0 Å². The Balaban J connectivity index is 1.73. The van der Waals surface area contributed by atoms with Crippen LogP contribution in [0.3, 0.4) is 0 Å². The number of para-hydroxylation sites is 1. The number of benzene rings is 2. The molecule has 6 heteroatoms. The second-order valence-electron chi connectivity index (χ2n) is 5.57. The summed E-state index contributed by atoms with van der Waals surface area (Å²) < 4.78 is 5.22. The van der Waals surface area contributed by atoms with E-state index in [2.05, 4.69) is 5.32 Å². The van der Waals surface area contributed by atoms with Gasteiger partial charge in [0.05, 0.1) is 18.7 Å². The molecule has 124 valence electrons. The minimum absolute atomic E-state index is 0.0561. The van der Waals surface area contributed by atoms with E-state index in [1.54, 1.807) is 23.1 Å². The van der Waals surface area contributed by atoms with Gasteiger partial charge in [0.2, 0.25) is 11.8 Å². The van der Waals surface area contributed by atoms with Crippen molar-refractivity contribution in [3.05, 3.63) is 53.6 Å². The van der Waals surface area contributed by atoms with E-state index in [9.17, 15) is 9.59 Å². The van der Waals surface area contributed by atoms with Crippen molar-refractivity contribution in [1.29, 1.82) is 0 Å². The molecule has 0 unspecified atom stereocenters.